The summed E-state index contributed by atoms with van der Waals surface area (Å²) in [6.45, 7) is 1.41. The van der Waals surface area contributed by atoms with Crippen LogP contribution in [0.25, 0.3) is 0 Å². The maximum Gasteiger partial charge on any atom is 0.223 e. The average Bonchev–Trinajstić information content (AvgIpc) is 2.54. The third kappa shape index (κ3) is 3.29. The first-order valence-electron chi connectivity index (χ1n) is 7.03. The van der Waals surface area contributed by atoms with Crippen molar-refractivity contribution < 1.29 is 4.79 Å². The number of carbonyl (C=O) groups is 1. The van der Waals surface area contributed by atoms with Crippen LogP contribution in [0.15, 0.2) is 41.3 Å². The molecule has 1 aliphatic rings. The van der Waals surface area contributed by atoms with Crippen molar-refractivity contribution in [2.45, 2.75) is 25.8 Å². The minimum atomic E-state index is 0.202. The van der Waals surface area contributed by atoms with Crippen LogP contribution >= 0.6 is 15.9 Å². The molecular formula is C16H16BrN3O. The number of amides is 1. The Hall–Kier alpha value is -1.75. The molecule has 0 N–H and O–H groups in total. The zero-order valence-corrected chi connectivity index (χ0v) is 13.2. The van der Waals surface area contributed by atoms with E-state index in [-0.39, 0.29) is 5.91 Å². The molecule has 2 aromatic rings. The first-order chi connectivity index (χ1) is 10.2. The van der Waals surface area contributed by atoms with Gasteiger partial charge in [-0.25, -0.2) is 0 Å². The largest absolute Gasteiger partial charge is 0.338 e. The number of carbonyl (C=O) groups excluding carboxylic acids is 1. The fourth-order valence-electron chi connectivity index (χ4n) is 2.57. The van der Waals surface area contributed by atoms with E-state index in [2.05, 4.69) is 25.9 Å². The first kappa shape index (κ1) is 14.2. The monoisotopic (exact) mass is 345 g/mol. The summed E-state index contributed by atoms with van der Waals surface area (Å²) in [4.78, 5) is 22.7. The first-order valence-corrected chi connectivity index (χ1v) is 7.82. The van der Waals surface area contributed by atoms with E-state index in [4.69, 9.17) is 0 Å². The molecule has 0 atom stereocenters. The Bertz CT molecular complexity index is 645. The molecule has 4 nitrogen and oxygen atoms in total. The summed E-state index contributed by atoms with van der Waals surface area (Å²) in [5.74, 6) is 0.202. The van der Waals surface area contributed by atoms with Gasteiger partial charge in [-0.2, -0.15) is 0 Å². The predicted octanol–water partition coefficient (Wildman–Crippen LogP) is 2.76. The van der Waals surface area contributed by atoms with Gasteiger partial charge in [0.2, 0.25) is 5.91 Å². The molecule has 0 unspecified atom stereocenters. The van der Waals surface area contributed by atoms with Crippen molar-refractivity contribution in [1.82, 2.24) is 14.9 Å². The number of hydrogen-bond acceptors (Lipinski definition) is 3. The minimum absolute atomic E-state index is 0.202. The Labute approximate surface area is 132 Å². The molecule has 21 heavy (non-hydrogen) atoms. The lowest BCUT2D eigenvalue weighted by Gasteiger charge is -2.29. The molecule has 0 radical (unpaired) electrons. The van der Waals surface area contributed by atoms with E-state index in [0.717, 1.165) is 40.7 Å². The van der Waals surface area contributed by atoms with Gasteiger partial charge in [0.1, 0.15) is 0 Å². The zero-order valence-electron chi connectivity index (χ0n) is 11.6. The van der Waals surface area contributed by atoms with E-state index < -0.39 is 0 Å². The molecule has 1 amide bonds. The maximum atomic E-state index is 12.4. The van der Waals surface area contributed by atoms with Crippen molar-refractivity contribution in [1.29, 1.82) is 0 Å². The Morgan fingerprint density at radius 2 is 2.05 bits per heavy atom. The van der Waals surface area contributed by atoms with Crippen LogP contribution in [-0.4, -0.2) is 27.3 Å². The second-order valence-electron chi connectivity index (χ2n) is 5.14. The average molecular weight is 346 g/mol. The molecule has 0 saturated carbocycles. The van der Waals surface area contributed by atoms with Crippen LogP contribution in [0.3, 0.4) is 0 Å². The highest BCUT2D eigenvalue weighted by Gasteiger charge is 2.22. The van der Waals surface area contributed by atoms with E-state index in [1.165, 1.54) is 0 Å². The smallest absolute Gasteiger partial charge is 0.223 e. The third-order valence-corrected chi connectivity index (χ3v) is 4.53. The SMILES string of the molecule is O=C(CCc1ccncc1)N1CCc2nccc(Br)c2C1. The van der Waals surface area contributed by atoms with Crippen LogP contribution < -0.4 is 0 Å². The third-order valence-electron chi connectivity index (χ3n) is 3.78. The number of fused-ring (bicyclic) bond motifs is 1. The number of rotatable bonds is 3. The number of aromatic nitrogens is 2. The second-order valence-corrected chi connectivity index (χ2v) is 5.99. The van der Waals surface area contributed by atoms with Crippen molar-refractivity contribution in [3.63, 3.8) is 0 Å². The molecule has 2 aromatic heterocycles. The van der Waals surface area contributed by atoms with Gasteiger partial charge < -0.3 is 4.90 Å². The molecule has 0 aliphatic carbocycles. The molecule has 108 valence electrons. The Morgan fingerprint density at radius 1 is 1.24 bits per heavy atom. The van der Waals surface area contributed by atoms with E-state index in [9.17, 15) is 4.79 Å². The molecule has 1 aliphatic heterocycles. The molecule has 3 rings (SSSR count). The summed E-state index contributed by atoms with van der Waals surface area (Å²) in [6.07, 6.45) is 7.47. The van der Waals surface area contributed by atoms with Crippen LogP contribution in [0.1, 0.15) is 23.2 Å². The normalized spacial score (nSPS) is 13.9. The van der Waals surface area contributed by atoms with Gasteiger partial charge >= 0.3 is 0 Å². The summed E-state index contributed by atoms with van der Waals surface area (Å²) < 4.78 is 1.04. The summed E-state index contributed by atoms with van der Waals surface area (Å²) in [5, 5.41) is 0. The van der Waals surface area contributed by atoms with E-state index in [1.807, 2.05) is 29.3 Å². The lowest BCUT2D eigenvalue weighted by molar-refractivity contribution is -0.132. The number of halogens is 1. The van der Waals surface area contributed by atoms with Gasteiger partial charge in [0.25, 0.3) is 0 Å². The van der Waals surface area contributed by atoms with Gasteiger partial charge in [-0.05, 0) is 30.2 Å². The predicted molar refractivity (Wildman–Crippen MR) is 83.6 cm³/mol. The standard InChI is InChI=1S/C16H16BrN3O/c17-14-5-9-19-15-6-10-20(11-13(14)15)16(21)2-1-12-3-7-18-8-4-12/h3-5,7-9H,1-2,6,10-11H2. The summed E-state index contributed by atoms with van der Waals surface area (Å²) in [5.41, 5.74) is 3.39. The van der Waals surface area contributed by atoms with Crippen LogP contribution in [0.2, 0.25) is 0 Å². The molecule has 0 bridgehead atoms. The van der Waals surface area contributed by atoms with E-state index in [0.29, 0.717) is 13.0 Å². The lowest BCUT2D eigenvalue weighted by atomic mass is 10.0. The fraction of sp³-hybridized carbons (Fsp3) is 0.312. The summed E-state index contributed by atoms with van der Waals surface area (Å²) >= 11 is 3.55. The molecule has 0 saturated heterocycles. The molecule has 0 fully saturated rings. The Balaban J connectivity index is 1.63. The van der Waals surface area contributed by atoms with Gasteiger partial charge in [-0.3, -0.25) is 14.8 Å². The summed E-state index contributed by atoms with van der Waals surface area (Å²) in [6, 6.07) is 5.85. The van der Waals surface area contributed by atoms with E-state index >= 15 is 0 Å². The van der Waals surface area contributed by atoms with Crippen molar-refractivity contribution in [2.24, 2.45) is 0 Å². The van der Waals surface area contributed by atoms with Crippen LogP contribution in [0.4, 0.5) is 0 Å². The molecule has 3 heterocycles. The Kier molecular flexibility index (Phi) is 4.29. The highest BCUT2D eigenvalue weighted by molar-refractivity contribution is 9.10. The minimum Gasteiger partial charge on any atom is -0.338 e. The highest BCUT2D eigenvalue weighted by atomic mass is 79.9. The quantitative estimate of drug-likeness (QED) is 0.859. The van der Waals surface area contributed by atoms with E-state index in [1.54, 1.807) is 12.4 Å². The fourth-order valence-corrected chi connectivity index (χ4v) is 3.05. The van der Waals surface area contributed by atoms with Crippen molar-refractivity contribution >= 4 is 21.8 Å². The highest BCUT2D eigenvalue weighted by Crippen LogP contribution is 2.25. The number of pyridine rings is 2. The van der Waals surface area contributed by atoms with Gasteiger partial charge in [0.05, 0.1) is 0 Å². The number of aryl methyl sites for hydroxylation is 1. The van der Waals surface area contributed by atoms with Gasteiger partial charge in [0, 0.05) is 60.3 Å². The number of hydrogen-bond donors (Lipinski definition) is 0. The van der Waals surface area contributed by atoms with Crippen molar-refractivity contribution in [2.75, 3.05) is 6.54 Å². The molecule has 0 aromatic carbocycles. The molecule has 0 spiro atoms. The lowest BCUT2D eigenvalue weighted by Crippen LogP contribution is -2.36. The Morgan fingerprint density at radius 3 is 2.86 bits per heavy atom. The molecular weight excluding hydrogens is 330 g/mol. The van der Waals surface area contributed by atoms with Crippen LogP contribution in [0, 0.1) is 0 Å². The van der Waals surface area contributed by atoms with Crippen molar-refractivity contribution in [3.8, 4) is 0 Å². The van der Waals surface area contributed by atoms with Crippen LogP contribution in [0.5, 0.6) is 0 Å². The zero-order chi connectivity index (χ0) is 14.7. The van der Waals surface area contributed by atoms with Gasteiger partial charge in [-0.1, -0.05) is 15.9 Å². The maximum absolute atomic E-state index is 12.4. The van der Waals surface area contributed by atoms with Gasteiger partial charge in [0.15, 0.2) is 0 Å². The second kappa shape index (κ2) is 6.35. The molecule has 5 heteroatoms. The topological polar surface area (TPSA) is 46.1 Å². The number of nitrogens with zero attached hydrogens (tertiary/aromatic N) is 3. The van der Waals surface area contributed by atoms with Crippen molar-refractivity contribution in [3.05, 3.63) is 58.1 Å². The van der Waals surface area contributed by atoms with Gasteiger partial charge in [-0.15, -0.1) is 0 Å². The van der Waals surface area contributed by atoms with Crippen LogP contribution in [-0.2, 0) is 24.2 Å². The summed E-state index contributed by atoms with van der Waals surface area (Å²) in [7, 11) is 0.